The van der Waals surface area contributed by atoms with Crippen LogP contribution in [-0.2, 0) is 13.1 Å². The van der Waals surface area contributed by atoms with Crippen LogP contribution in [0.4, 0.5) is 5.69 Å². The Bertz CT molecular complexity index is 477. The normalized spacial score (nSPS) is 10.5. The highest BCUT2D eigenvalue weighted by Gasteiger charge is 2.01. The Labute approximate surface area is 111 Å². The molecule has 2 aromatic rings. The first-order chi connectivity index (χ1) is 8.31. The van der Waals surface area contributed by atoms with E-state index in [1.807, 2.05) is 18.2 Å². The van der Waals surface area contributed by atoms with Gasteiger partial charge in [-0.2, -0.15) is 0 Å². The van der Waals surface area contributed by atoms with Crippen molar-refractivity contribution >= 4 is 21.6 Å². The molecule has 0 amide bonds. The standard InChI is InChI=1S/C14H17BrN2/c1-2-9-17-10-5-6-12(17)11-16-14-8-4-3-7-13(14)15/h3-8,10,16H,2,9,11H2,1H3. The Kier molecular flexibility index (Phi) is 4.26. The Balaban J connectivity index is 2.02. The zero-order chi connectivity index (χ0) is 12.1. The molecule has 0 saturated carbocycles. The molecule has 90 valence electrons. The molecule has 0 saturated heterocycles. The molecule has 1 aromatic carbocycles. The summed E-state index contributed by atoms with van der Waals surface area (Å²) in [7, 11) is 0. The van der Waals surface area contributed by atoms with E-state index < -0.39 is 0 Å². The van der Waals surface area contributed by atoms with Crippen molar-refractivity contribution in [2.45, 2.75) is 26.4 Å². The number of nitrogens with zero attached hydrogens (tertiary/aromatic N) is 1. The van der Waals surface area contributed by atoms with Crippen LogP contribution in [0, 0.1) is 0 Å². The molecule has 2 rings (SSSR count). The van der Waals surface area contributed by atoms with Crippen molar-refractivity contribution in [3.05, 3.63) is 52.8 Å². The highest BCUT2D eigenvalue weighted by molar-refractivity contribution is 9.10. The maximum Gasteiger partial charge on any atom is 0.0553 e. The van der Waals surface area contributed by atoms with Gasteiger partial charge in [-0.25, -0.2) is 0 Å². The van der Waals surface area contributed by atoms with Crippen LogP contribution in [0.15, 0.2) is 47.1 Å². The van der Waals surface area contributed by atoms with E-state index in [-0.39, 0.29) is 0 Å². The lowest BCUT2D eigenvalue weighted by Crippen LogP contribution is -2.07. The zero-order valence-electron chi connectivity index (χ0n) is 9.99. The molecule has 0 atom stereocenters. The Morgan fingerprint density at radius 1 is 1.18 bits per heavy atom. The van der Waals surface area contributed by atoms with Crippen LogP contribution in [0.3, 0.4) is 0 Å². The first-order valence-electron chi connectivity index (χ1n) is 5.93. The Morgan fingerprint density at radius 2 is 2.00 bits per heavy atom. The molecular formula is C14H17BrN2. The molecule has 17 heavy (non-hydrogen) atoms. The van der Waals surface area contributed by atoms with Gasteiger partial charge in [0.15, 0.2) is 0 Å². The van der Waals surface area contributed by atoms with E-state index in [1.165, 1.54) is 5.69 Å². The summed E-state index contributed by atoms with van der Waals surface area (Å²) in [5.41, 5.74) is 2.46. The van der Waals surface area contributed by atoms with E-state index in [9.17, 15) is 0 Å². The fourth-order valence-corrected chi connectivity index (χ4v) is 2.28. The molecule has 1 heterocycles. The van der Waals surface area contributed by atoms with Crippen LogP contribution in [0.2, 0.25) is 0 Å². The number of aryl methyl sites for hydroxylation is 1. The third-order valence-electron chi connectivity index (χ3n) is 2.72. The highest BCUT2D eigenvalue weighted by atomic mass is 79.9. The van der Waals surface area contributed by atoms with Gasteiger partial charge >= 0.3 is 0 Å². The van der Waals surface area contributed by atoms with Crippen LogP contribution in [-0.4, -0.2) is 4.57 Å². The summed E-state index contributed by atoms with van der Waals surface area (Å²) in [6, 6.07) is 12.5. The van der Waals surface area contributed by atoms with Crippen LogP contribution >= 0.6 is 15.9 Å². The molecule has 0 bridgehead atoms. The van der Waals surface area contributed by atoms with Gasteiger partial charge in [-0.15, -0.1) is 0 Å². The second kappa shape index (κ2) is 5.92. The number of hydrogen-bond acceptors (Lipinski definition) is 1. The number of aromatic nitrogens is 1. The molecule has 0 aliphatic heterocycles. The summed E-state index contributed by atoms with van der Waals surface area (Å²) in [5.74, 6) is 0. The van der Waals surface area contributed by atoms with Gasteiger partial charge in [0.25, 0.3) is 0 Å². The molecule has 0 aliphatic rings. The third-order valence-corrected chi connectivity index (χ3v) is 3.41. The molecule has 0 unspecified atom stereocenters. The Morgan fingerprint density at radius 3 is 2.76 bits per heavy atom. The number of para-hydroxylation sites is 1. The van der Waals surface area contributed by atoms with Gasteiger partial charge in [0.1, 0.15) is 0 Å². The smallest absolute Gasteiger partial charge is 0.0553 e. The van der Waals surface area contributed by atoms with Crippen LogP contribution in [0.5, 0.6) is 0 Å². The fourth-order valence-electron chi connectivity index (χ4n) is 1.86. The van der Waals surface area contributed by atoms with Crippen molar-refractivity contribution in [1.82, 2.24) is 4.57 Å². The fraction of sp³-hybridized carbons (Fsp3) is 0.286. The second-order valence-electron chi connectivity index (χ2n) is 4.03. The minimum absolute atomic E-state index is 0.857. The molecule has 2 nitrogen and oxygen atoms in total. The summed E-state index contributed by atoms with van der Waals surface area (Å²) in [4.78, 5) is 0. The van der Waals surface area contributed by atoms with Crippen molar-refractivity contribution in [3.63, 3.8) is 0 Å². The number of rotatable bonds is 5. The quantitative estimate of drug-likeness (QED) is 0.871. The first kappa shape index (κ1) is 12.2. The lowest BCUT2D eigenvalue weighted by Gasteiger charge is -2.11. The second-order valence-corrected chi connectivity index (χ2v) is 4.88. The van der Waals surface area contributed by atoms with Crippen LogP contribution < -0.4 is 5.32 Å². The maximum absolute atomic E-state index is 3.54. The number of hydrogen-bond donors (Lipinski definition) is 1. The average molecular weight is 293 g/mol. The SMILES string of the molecule is CCCn1cccc1CNc1ccccc1Br. The molecule has 1 aromatic heterocycles. The van der Waals surface area contributed by atoms with Gasteiger partial charge in [-0.1, -0.05) is 19.1 Å². The van der Waals surface area contributed by atoms with Crippen molar-refractivity contribution in [3.8, 4) is 0 Å². The van der Waals surface area contributed by atoms with E-state index in [2.05, 4.69) is 57.1 Å². The van der Waals surface area contributed by atoms with E-state index in [1.54, 1.807) is 0 Å². The molecule has 3 heteroatoms. The topological polar surface area (TPSA) is 17.0 Å². The highest BCUT2D eigenvalue weighted by Crippen LogP contribution is 2.21. The first-order valence-corrected chi connectivity index (χ1v) is 6.73. The van der Waals surface area contributed by atoms with E-state index in [0.29, 0.717) is 0 Å². The number of benzene rings is 1. The van der Waals surface area contributed by atoms with Gasteiger partial charge < -0.3 is 9.88 Å². The van der Waals surface area contributed by atoms with Crippen LogP contribution in [0.1, 0.15) is 19.0 Å². The van der Waals surface area contributed by atoms with Gasteiger partial charge in [0, 0.05) is 28.6 Å². The maximum atomic E-state index is 3.54. The molecule has 0 spiro atoms. The van der Waals surface area contributed by atoms with Crippen molar-refractivity contribution < 1.29 is 0 Å². The predicted octanol–water partition coefficient (Wildman–Crippen LogP) is 4.27. The zero-order valence-corrected chi connectivity index (χ0v) is 11.6. The lowest BCUT2D eigenvalue weighted by atomic mass is 10.3. The minimum Gasteiger partial charge on any atom is -0.379 e. The summed E-state index contributed by atoms with van der Waals surface area (Å²) < 4.78 is 3.40. The van der Waals surface area contributed by atoms with Gasteiger partial charge in [0.2, 0.25) is 0 Å². The van der Waals surface area contributed by atoms with Gasteiger partial charge in [0.05, 0.1) is 6.54 Å². The van der Waals surface area contributed by atoms with Gasteiger partial charge in [-0.05, 0) is 46.6 Å². The van der Waals surface area contributed by atoms with E-state index >= 15 is 0 Å². The van der Waals surface area contributed by atoms with Crippen LogP contribution in [0.25, 0.3) is 0 Å². The number of halogens is 1. The summed E-state index contributed by atoms with van der Waals surface area (Å²) >= 11 is 3.54. The Hall–Kier alpha value is -1.22. The van der Waals surface area contributed by atoms with E-state index in [4.69, 9.17) is 0 Å². The largest absolute Gasteiger partial charge is 0.379 e. The van der Waals surface area contributed by atoms with E-state index in [0.717, 1.165) is 29.7 Å². The monoisotopic (exact) mass is 292 g/mol. The number of nitrogens with one attached hydrogen (secondary N) is 1. The van der Waals surface area contributed by atoms with Gasteiger partial charge in [-0.3, -0.25) is 0 Å². The summed E-state index contributed by atoms with van der Waals surface area (Å²) in [6.07, 6.45) is 3.30. The third kappa shape index (κ3) is 3.13. The molecular weight excluding hydrogens is 276 g/mol. The molecule has 0 radical (unpaired) electrons. The van der Waals surface area contributed by atoms with Crippen molar-refractivity contribution in [2.75, 3.05) is 5.32 Å². The van der Waals surface area contributed by atoms with Crippen molar-refractivity contribution in [2.24, 2.45) is 0 Å². The predicted molar refractivity (Wildman–Crippen MR) is 76.2 cm³/mol. The molecule has 1 N–H and O–H groups in total. The molecule has 0 fully saturated rings. The number of anilines is 1. The molecule has 0 aliphatic carbocycles. The lowest BCUT2D eigenvalue weighted by molar-refractivity contribution is 0.654. The average Bonchev–Trinajstić information content (AvgIpc) is 2.76. The van der Waals surface area contributed by atoms with Crippen molar-refractivity contribution in [1.29, 1.82) is 0 Å². The summed E-state index contributed by atoms with van der Waals surface area (Å²) in [5, 5.41) is 3.45. The minimum atomic E-state index is 0.857. The summed E-state index contributed by atoms with van der Waals surface area (Å²) in [6.45, 7) is 4.14.